The van der Waals surface area contributed by atoms with Crippen molar-refractivity contribution in [2.24, 2.45) is 0 Å². The molecule has 0 bridgehead atoms. The summed E-state index contributed by atoms with van der Waals surface area (Å²) in [6.45, 7) is 3.72. The Kier molecular flexibility index (Phi) is 6.52. The number of benzene rings is 3. The van der Waals surface area contributed by atoms with Crippen LogP contribution in [0.25, 0.3) is 0 Å². The Hall–Kier alpha value is -3.04. The standard InChI is InChI=1S/C22H18ClF3N2O3S/c1-13-3-9-18(14(2)11-13)21(29)27-15-4-7-17(8-5-15)32(30,31)28-16-6-10-20(23)19(12-16)22(24,25)26/h3-12,28H,1-2H3,(H,27,29). The van der Waals surface area contributed by atoms with Crippen LogP contribution in [0.3, 0.4) is 0 Å². The lowest BCUT2D eigenvalue weighted by Gasteiger charge is -2.13. The number of sulfonamides is 1. The number of carbonyl (C=O) groups excluding carboxylic acids is 1. The quantitative estimate of drug-likeness (QED) is 0.466. The van der Waals surface area contributed by atoms with E-state index in [9.17, 15) is 26.4 Å². The topological polar surface area (TPSA) is 75.3 Å². The van der Waals surface area contributed by atoms with Gasteiger partial charge in [0, 0.05) is 16.9 Å². The van der Waals surface area contributed by atoms with Crippen LogP contribution in [0.2, 0.25) is 5.02 Å². The van der Waals surface area contributed by atoms with Crippen LogP contribution >= 0.6 is 11.6 Å². The molecule has 2 N–H and O–H groups in total. The highest BCUT2D eigenvalue weighted by Crippen LogP contribution is 2.36. The van der Waals surface area contributed by atoms with Gasteiger partial charge in [0.25, 0.3) is 15.9 Å². The minimum atomic E-state index is -4.73. The molecule has 0 fully saturated rings. The van der Waals surface area contributed by atoms with E-state index in [0.29, 0.717) is 17.3 Å². The summed E-state index contributed by atoms with van der Waals surface area (Å²) in [6.07, 6.45) is -4.73. The summed E-state index contributed by atoms with van der Waals surface area (Å²) in [7, 11) is -4.17. The second kappa shape index (κ2) is 8.84. The number of rotatable bonds is 5. The molecule has 168 valence electrons. The van der Waals surface area contributed by atoms with E-state index in [2.05, 4.69) is 10.0 Å². The van der Waals surface area contributed by atoms with Gasteiger partial charge in [-0.15, -0.1) is 0 Å². The smallest absolute Gasteiger partial charge is 0.322 e. The number of aryl methyl sites for hydroxylation is 2. The lowest BCUT2D eigenvalue weighted by molar-refractivity contribution is -0.137. The van der Waals surface area contributed by atoms with Crippen LogP contribution in [-0.2, 0) is 16.2 Å². The van der Waals surface area contributed by atoms with E-state index < -0.39 is 26.8 Å². The number of alkyl halides is 3. The van der Waals surface area contributed by atoms with Gasteiger partial charge < -0.3 is 5.32 Å². The number of carbonyl (C=O) groups is 1. The normalized spacial score (nSPS) is 11.8. The van der Waals surface area contributed by atoms with Crippen molar-refractivity contribution in [3.63, 3.8) is 0 Å². The minimum Gasteiger partial charge on any atom is -0.322 e. The first-order valence-corrected chi connectivity index (χ1v) is 11.1. The van der Waals surface area contributed by atoms with Crippen LogP contribution in [0.4, 0.5) is 24.5 Å². The number of nitrogens with one attached hydrogen (secondary N) is 2. The van der Waals surface area contributed by atoms with Crippen LogP contribution < -0.4 is 10.0 Å². The Morgan fingerprint density at radius 1 is 0.906 bits per heavy atom. The highest BCUT2D eigenvalue weighted by atomic mass is 35.5. The van der Waals surface area contributed by atoms with Gasteiger partial charge in [-0.3, -0.25) is 9.52 Å². The molecule has 3 aromatic carbocycles. The van der Waals surface area contributed by atoms with Gasteiger partial charge in [-0.1, -0.05) is 29.3 Å². The van der Waals surface area contributed by atoms with Crippen molar-refractivity contribution in [3.8, 4) is 0 Å². The summed E-state index contributed by atoms with van der Waals surface area (Å²) >= 11 is 5.56. The van der Waals surface area contributed by atoms with Crippen molar-refractivity contribution in [2.75, 3.05) is 10.0 Å². The third-order valence-electron chi connectivity index (χ3n) is 4.57. The predicted molar refractivity (Wildman–Crippen MR) is 118 cm³/mol. The maximum absolute atomic E-state index is 13.0. The minimum absolute atomic E-state index is 0.189. The molecular formula is C22H18ClF3N2O3S. The van der Waals surface area contributed by atoms with Crippen LogP contribution in [0, 0.1) is 13.8 Å². The van der Waals surface area contributed by atoms with Crippen molar-refractivity contribution in [2.45, 2.75) is 24.9 Å². The first-order chi connectivity index (χ1) is 14.9. The predicted octanol–water partition coefficient (Wildman–Crippen LogP) is 6.03. The highest BCUT2D eigenvalue weighted by molar-refractivity contribution is 7.92. The van der Waals surface area contributed by atoms with Crippen molar-refractivity contribution in [3.05, 3.63) is 87.9 Å². The molecule has 32 heavy (non-hydrogen) atoms. The number of hydrogen-bond acceptors (Lipinski definition) is 3. The van der Waals surface area contributed by atoms with Crippen LogP contribution in [-0.4, -0.2) is 14.3 Å². The SMILES string of the molecule is Cc1ccc(C(=O)Nc2ccc(S(=O)(=O)Nc3ccc(Cl)c(C(F)(F)F)c3)cc2)c(C)c1. The van der Waals surface area contributed by atoms with Crippen LogP contribution in [0.15, 0.2) is 65.6 Å². The molecule has 0 saturated heterocycles. The van der Waals surface area contributed by atoms with Gasteiger partial charge in [-0.2, -0.15) is 13.2 Å². The first-order valence-electron chi connectivity index (χ1n) is 9.25. The number of halogens is 4. The van der Waals surface area contributed by atoms with E-state index in [1.165, 1.54) is 24.3 Å². The maximum atomic E-state index is 13.0. The van der Waals surface area contributed by atoms with Gasteiger partial charge in [-0.05, 0) is 67.9 Å². The van der Waals surface area contributed by atoms with Crippen molar-refractivity contribution < 1.29 is 26.4 Å². The molecule has 5 nitrogen and oxygen atoms in total. The van der Waals surface area contributed by atoms with E-state index in [-0.39, 0.29) is 16.5 Å². The maximum Gasteiger partial charge on any atom is 0.417 e. The molecule has 0 atom stereocenters. The molecular weight excluding hydrogens is 465 g/mol. The molecule has 1 amide bonds. The fraction of sp³-hybridized carbons (Fsp3) is 0.136. The summed E-state index contributed by atoms with van der Waals surface area (Å²) in [5.41, 5.74) is 1.23. The third-order valence-corrected chi connectivity index (χ3v) is 6.30. The highest BCUT2D eigenvalue weighted by Gasteiger charge is 2.33. The molecule has 0 heterocycles. The molecule has 10 heteroatoms. The molecule has 0 aliphatic carbocycles. The lowest BCUT2D eigenvalue weighted by Crippen LogP contribution is -2.15. The lowest BCUT2D eigenvalue weighted by atomic mass is 10.1. The van der Waals surface area contributed by atoms with Gasteiger partial charge in [0.15, 0.2) is 0 Å². The van der Waals surface area contributed by atoms with Crippen molar-refractivity contribution in [1.29, 1.82) is 0 Å². The van der Waals surface area contributed by atoms with E-state index in [1.54, 1.807) is 6.07 Å². The monoisotopic (exact) mass is 482 g/mol. The molecule has 3 aromatic rings. The fourth-order valence-corrected chi connectivity index (χ4v) is 4.28. The summed E-state index contributed by atoms with van der Waals surface area (Å²) < 4.78 is 66.2. The summed E-state index contributed by atoms with van der Waals surface area (Å²) in [6, 6.07) is 13.4. The molecule has 0 radical (unpaired) electrons. The molecule has 3 rings (SSSR count). The molecule has 0 aromatic heterocycles. The zero-order chi connectivity index (χ0) is 23.7. The Bertz CT molecular complexity index is 1270. The van der Waals surface area contributed by atoms with Gasteiger partial charge in [0.1, 0.15) is 0 Å². The molecule has 0 aliphatic rings. The fourth-order valence-electron chi connectivity index (χ4n) is 3.00. The second-order valence-electron chi connectivity index (χ2n) is 7.09. The van der Waals surface area contributed by atoms with E-state index >= 15 is 0 Å². The zero-order valence-electron chi connectivity index (χ0n) is 16.9. The largest absolute Gasteiger partial charge is 0.417 e. The van der Waals surface area contributed by atoms with E-state index in [0.717, 1.165) is 23.3 Å². The number of hydrogen-bond donors (Lipinski definition) is 2. The molecule has 0 spiro atoms. The third kappa shape index (κ3) is 5.41. The van der Waals surface area contributed by atoms with Crippen molar-refractivity contribution >= 4 is 38.9 Å². The van der Waals surface area contributed by atoms with Gasteiger partial charge in [0.2, 0.25) is 0 Å². The average molecular weight is 483 g/mol. The Morgan fingerprint density at radius 2 is 1.53 bits per heavy atom. The molecule has 0 saturated carbocycles. The number of amides is 1. The molecule has 0 unspecified atom stereocenters. The van der Waals surface area contributed by atoms with E-state index in [1.807, 2.05) is 26.0 Å². The van der Waals surface area contributed by atoms with Gasteiger partial charge in [-0.25, -0.2) is 8.42 Å². The second-order valence-corrected chi connectivity index (χ2v) is 9.18. The van der Waals surface area contributed by atoms with E-state index in [4.69, 9.17) is 11.6 Å². The Balaban J connectivity index is 1.77. The Labute approximate surface area is 188 Å². The Morgan fingerprint density at radius 3 is 2.12 bits per heavy atom. The van der Waals surface area contributed by atoms with Gasteiger partial charge >= 0.3 is 6.18 Å². The van der Waals surface area contributed by atoms with Crippen LogP contribution in [0.1, 0.15) is 27.0 Å². The van der Waals surface area contributed by atoms with Crippen LogP contribution in [0.5, 0.6) is 0 Å². The summed E-state index contributed by atoms with van der Waals surface area (Å²) in [5.74, 6) is -0.350. The number of anilines is 2. The average Bonchev–Trinajstić information content (AvgIpc) is 2.68. The summed E-state index contributed by atoms with van der Waals surface area (Å²) in [5, 5.41) is 2.15. The van der Waals surface area contributed by atoms with Gasteiger partial charge in [0.05, 0.1) is 15.5 Å². The zero-order valence-corrected chi connectivity index (χ0v) is 18.5. The summed E-state index contributed by atoms with van der Waals surface area (Å²) in [4.78, 5) is 12.3. The van der Waals surface area contributed by atoms with Crippen molar-refractivity contribution in [1.82, 2.24) is 0 Å². The first kappa shape index (κ1) is 23.6. The molecule has 0 aliphatic heterocycles.